The van der Waals surface area contributed by atoms with E-state index in [4.69, 9.17) is 4.42 Å². The monoisotopic (exact) mass is 274 g/mol. The van der Waals surface area contributed by atoms with Crippen LogP contribution in [0.3, 0.4) is 0 Å². The van der Waals surface area contributed by atoms with Crippen molar-refractivity contribution in [3.8, 4) is 0 Å². The third-order valence-electron chi connectivity index (χ3n) is 2.75. The van der Waals surface area contributed by atoms with Crippen molar-refractivity contribution >= 4 is 16.0 Å². The molecule has 0 spiro atoms. The molecule has 0 bridgehead atoms. The van der Waals surface area contributed by atoms with Gasteiger partial charge in [0.1, 0.15) is 6.26 Å². The van der Waals surface area contributed by atoms with E-state index in [1.165, 1.54) is 6.26 Å². The summed E-state index contributed by atoms with van der Waals surface area (Å²) in [7, 11) is -3.39. The number of nitrogens with one attached hydrogen (secondary N) is 2. The van der Waals surface area contributed by atoms with E-state index >= 15 is 0 Å². The van der Waals surface area contributed by atoms with Gasteiger partial charge in [-0.15, -0.1) is 0 Å². The Kier molecular flexibility index (Phi) is 4.20. The highest BCUT2D eigenvalue weighted by atomic mass is 32.2. The van der Waals surface area contributed by atoms with Gasteiger partial charge in [-0.2, -0.15) is 4.98 Å². The zero-order chi connectivity index (χ0) is 13.0. The molecule has 0 radical (unpaired) electrons. The van der Waals surface area contributed by atoms with Gasteiger partial charge in [0.2, 0.25) is 10.0 Å². The molecule has 1 saturated heterocycles. The van der Waals surface area contributed by atoms with Gasteiger partial charge >= 0.3 is 6.01 Å². The molecule has 2 heterocycles. The summed E-state index contributed by atoms with van der Waals surface area (Å²) in [5.41, 5.74) is 0.648. The molecule has 102 valence electrons. The van der Waals surface area contributed by atoms with Crippen molar-refractivity contribution in [3.05, 3.63) is 12.0 Å². The van der Waals surface area contributed by atoms with E-state index in [9.17, 15) is 8.42 Å². The van der Waals surface area contributed by atoms with E-state index in [1.54, 1.807) is 6.92 Å². The summed E-state index contributed by atoms with van der Waals surface area (Å²) < 4.78 is 30.9. The van der Waals surface area contributed by atoms with Gasteiger partial charge in [0, 0.05) is 32.7 Å². The lowest BCUT2D eigenvalue weighted by Crippen LogP contribution is -2.45. The highest BCUT2D eigenvalue weighted by Gasteiger charge is 2.17. The Hall–Kier alpha value is -1.12. The topological polar surface area (TPSA) is 87.5 Å². The molecule has 0 atom stereocenters. The Morgan fingerprint density at radius 1 is 1.50 bits per heavy atom. The minimum atomic E-state index is -3.39. The van der Waals surface area contributed by atoms with Gasteiger partial charge in [-0.25, -0.2) is 13.1 Å². The third kappa shape index (κ3) is 3.97. The van der Waals surface area contributed by atoms with Gasteiger partial charge in [-0.05, 0) is 6.92 Å². The van der Waals surface area contributed by atoms with Crippen LogP contribution in [0.5, 0.6) is 0 Å². The van der Waals surface area contributed by atoms with Crippen LogP contribution in [0.1, 0.15) is 5.69 Å². The number of oxazole rings is 1. The first kappa shape index (κ1) is 13.3. The maximum absolute atomic E-state index is 11.8. The lowest BCUT2D eigenvalue weighted by molar-refractivity contribution is 0.254. The van der Waals surface area contributed by atoms with Crippen LogP contribution in [0.2, 0.25) is 0 Å². The number of aryl methyl sites for hydroxylation is 1. The van der Waals surface area contributed by atoms with Crippen LogP contribution in [0.15, 0.2) is 10.7 Å². The second kappa shape index (κ2) is 5.68. The normalized spacial score (nSPS) is 17.8. The number of sulfonamides is 1. The summed E-state index contributed by atoms with van der Waals surface area (Å²) in [4.78, 5) is 6.03. The second-order valence-corrected chi connectivity index (χ2v) is 6.15. The van der Waals surface area contributed by atoms with Gasteiger partial charge in [-0.1, -0.05) is 0 Å². The van der Waals surface area contributed by atoms with Crippen LogP contribution in [-0.4, -0.2) is 56.8 Å². The van der Waals surface area contributed by atoms with Gasteiger partial charge in [0.25, 0.3) is 0 Å². The SMILES string of the molecule is Cc1coc(NS(=O)(=O)CCN2CCNCC2)n1. The van der Waals surface area contributed by atoms with Crippen molar-refractivity contribution in [1.82, 2.24) is 15.2 Å². The summed E-state index contributed by atoms with van der Waals surface area (Å²) in [5, 5.41) is 3.22. The molecule has 2 N–H and O–H groups in total. The van der Waals surface area contributed by atoms with Crippen LogP contribution in [-0.2, 0) is 10.0 Å². The van der Waals surface area contributed by atoms with Gasteiger partial charge < -0.3 is 9.73 Å². The first-order chi connectivity index (χ1) is 8.55. The highest BCUT2D eigenvalue weighted by Crippen LogP contribution is 2.08. The number of aromatic nitrogens is 1. The molecule has 1 aliphatic rings. The molecule has 18 heavy (non-hydrogen) atoms. The molecule has 0 amide bonds. The summed E-state index contributed by atoms with van der Waals surface area (Å²) in [6, 6.07) is 0.0350. The van der Waals surface area contributed by atoms with E-state index in [2.05, 4.69) is 19.9 Å². The smallest absolute Gasteiger partial charge is 0.308 e. The first-order valence-electron chi connectivity index (χ1n) is 5.91. The van der Waals surface area contributed by atoms with Crippen molar-refractivity contribution in [1.29, 1.82) is 0 Å². The number of nitrogens with zero attached hydrogens (tertiary/aromatic N) is 2. The molecule has 0 aliphatic carbocycles. The molecule has 0 saturated carbocycles. The molecule has 0 unspecified atom stereocenters. The van der Waals surface area contributed by atoms with Crippen LogP contribution in [0.4, 0.5) is 6.01 Å². The van der Waals surface area contributed by atoms with Gasteiger partial charge in [0.05, 0.1) is 11.4 Å². The molecular formula is C10H18N4O3S. The number of rotatable bonds is 5. The largest absolute Gasteiger partial charge is 0.431 e. The molecule has 2 rings (SSSR count). The number of hydrogen-bond acceptors (Lipinski definition) is 6. The van der Waals surface area contributed by atoms with Crippen LogP contribution in [0, 0.1) is 6.92 Å². The molecule has 1 aliphatic heterocycles. The summed E-state index contributed by atoms with van der Waals surface area (Å²) in [6.45, 7) is 5.85. The lowest BCUT2D eigenvalue weighted by Gasteiger charge is -2.26. The molecule has 1 aromatic heterocycles. The fourth-order valence-corrected chi connectivity index (χ4v) is 2.73. The number of anilines is 1. The Morgan fingerprint density at radius 2 is 2.22 bits per heavy atom. The standard InChI is InChI=1S/C10H18N4O3S/c1-9-8-17-10(12-9)13-18(15,16)7-6-14-4-2-11-3-5-14/h8,11H,2-7H2,1H3,(H,12,13). The molecule has 8 heteroatoms. The minimum Gasteiger partial charge on any atom is -0.431 e. The predicted octanol–water partition coefficient (Wildman–Crippen LogP) is -0.370. The fourth-order valence-electron chi connectivity index (χ4n) is 1.77. The third-order valence-corrected chi connectivity index (χ3v) is 3.95. The van der Waals surface area contributed by atoms with Gasteiger partial charge in [0.15, 0.2) is 0 Å². The molecule has 1 fully saturated rings. The molecular weight excluding hydrogens is 256 g/mol. The van der Waals surface area contributed by atoms with Crippen LogP contribution >= 0.6 is 0 Å². The first-order valence-corrected chi connectivity index (χ1v) is 7.56. The zero-order valence-corrected chi connectivity index (χ0v) is 11.2. The average Bonchev–Trinajstić information content (AvgIpc) is 2.73. The fraction of sp³-hybridized carbons (Fsp3) is 0.700. The van der Waals surface area contributed by atoms with E-state index < -0.39 is 10.0 Å². The molecule has 0 aromatic carbocycles. The van der Waals surface area contributed by atoms with Crippen molar-refractivity contribution in [3.63, 3.8) is 0 Å². The maximum Gasteiger partial charge on any atom is 0.308 e. The highest BCUT2D eigenvalue weighted by molar-refractivity contribution is 7.92. The van der Waals surface area contributed by atoms with Crippen molar-refractivity contribution in [2.24, 2.45) is 0 Å². The number of piperazine rings is 1. The zero-order valence-electron chi connectivity index (χ0n) is 10.3. The predicted molar refractivity (Wildman–Crippen MR) is 68.0 cm³/mol. The van der Waals surface area contributed by atoms with Crippen LogP contribution < -0.4 is 10.0 Å². The summed E-state index contributed by atoms with van der Waals surface area (Å²) >= 11 is 0. The summed E-state index contributed by atoms with van der Waals surface area (Å²) in [5.74, 6) is 0.0500. The Labute approximate surface area is 107 Å². The Bertz CT molecular complexity index is 479. The van der Waals surface area contributed by atoms with E-state index in [-0.39, 0.29) is 11.8 Å². The van der Waals surface area contributed by atoms with Crippen molar-refractivity contribution < 1.29 is 12.8 Å². The Morgan fingerprint density at radius 3 is 2.83 bits per heavy atom. The molecule has 1 aromatic rings. The average molecular weight is 274 g/mol. The lowest BCUT2D eigenvalue weighted by atomic mass is 10.4. The van der Waals surface area contributed by atoms with Gasteiger partial charge in [-0.3, -0.25) is 4.90 Å². The van der Waals surface area contributed by atoms with E-state index in [1.807, 2.05) is 0 Å². The number of hydrogen-bond donors (Lipinski definition) is 2. The second-order valence-electron chi connectivity index (χ2n) is 4.31. The van der Waals surface area contributed by atoms with Crippen molar-refractivity contribution in [2.45, 2.75) is 6.92 Å². The Balaban J connectivity index is 1.83. The van der Waals surface area contributed by atoms with E-state index in [0.29, 0.717) is 12.2 Å². The summed E-state index contributed by atoms with van der Waals surface area (Å²) in [6.07, 6.45) is 1.41. The minimum absolute atomic E-state index is 0.0350. The molecule has 7 nitrogen and oxygen atoms in total. The van der Waals surface area contributed by atoms with Crippen molar-refractivity contribution in [2.75, 3.05) is 43.2 Å². The van der Waals surface area contributed by atoms with E-state index in [0.717, 1.165) is 26.2 Å². The van der Waals surface area contributed by atoms with Crippen LogP contribution in [0.25, 0.3) is 0 Å². The quantitative estimate of drug-likeness (QED) is 0.762. The maximum atomic E-state index is 11.8.